The molecule has 1 aromatic heterocycles. The van der Waals surface area contributed by atoms with Gasteiger partial charge in [0.15, 0.2) is 17.3 Å². The number of hydrogen-bond donors (Lipinski definition) is 0. The van der Waals surface area contributed by atoms with Crippen LogP contribution in [-0.4, -0.2) is 36.9 Å². The molecule has 0 fully saturated rings. The van der Waals surface area contributed by atoms with E-state index in [2.05, 4.69) is 5.10 Å². The third-order valence-corrected chi connectivity index (χ3v) is 4.25. The molecule has 2 aromatic carbocycles. The van der Waals surface area contributed by atoms with Crippen molar-refractivity contribution in [2.45, 2.75) is 6.54 Å². The molecule has 0 N–H and O–H groups in total. The van der Waals surface area contributed by atoms with Crippen LogP contribution in [0.1, 0.15) is 10.4 Å². The van der Waals surface area contributed by atoms with Crippen molar-refractivity contribution < 1.29 is 19.0 Å². The van der Waals surface area contributed by atoms with E-state index in [0.717, 1.165) is 10.2 Å². The van der Waals surface area contributed by atoms with Gasteiger partial charge in [-0.25, -0.2) is 4.68 Å². The van der Waals surface area contributed by atoms with Crippen molar-refractivity contribution >= 4 is 5.78 Å². The Bertz CT molecular complexity index is 1060. The molecule has 144 valence electrons. The van der Waals surface area contributed by atoms with Gasteiger partial charge in [0.05, 0.1) is 27.0 Å². The molecule has 0 aliphatic rings. The summed E-state index contributed by atoms with van der Waals surface area (Å²) in [5.74, 6) is 1.32. The third-order valence-electron chi connectivity index (χ3n) is 4.25. The number of Topliss-reactive ketones (excluding diaryl/α,β-unsaturated/α-hetero) is 1. The zero-order valence-corrected chi connectivity index (χ0v) is 15.8. The molecule has 3 rings (SSSR count). The van der Waals surface area contributed by atoms with Crippen LogP contribution in [-0.2, 0) is 6.54 Å². The molecule has 0 bridgehead atoms. The van der Waals surface area contributed by atoms with E-state index in [0.29, 0.717) is 28.5 Å². The summed E-state index contributed by atoms with van der Waals surface area (Å²) in [6.07, 6.45) is 0. The molecule has 3 aromatic rings. The Morgan fingerprint density at radius 1 is 0.893 bits per heavy atom. The van der Waals surface area contributed by atoms with Crippen LogP contribution in [0.4, 0.5) is 0 Å². The molecule has 0 amide bonds. The number of ether oxygens (including phenoxy) is 3. The summed E-state index contributed by atoms with van der Waals surface area (Å²) in [6.45, 7) is -0.197. The predicted molar refractivity (Wildman–Crippen MR) is 104 cm³/mol. The summed E-state index contributed by atoms with van der Waals surface area (Å²) in [5.41, 5.74) is 1.30. The number of carbonyl (C=O) groups excluding carboxylic acids is 1. The Labute approximate surface area is 162 Å². The third kappa shape index (κ3) is 3.88. The van der Waals surface area contributed by atoms with Crippen molar-refractivity contribution in [3.05, 3.63) is 70.5 Å². The van der Waals surface area contributed by atoms with Crippen LogP contribution in [0.2, 0.25) is 0 Å². The predicted octanol–water partition coefficient (Wildman–Crippen LogP) is 2.82. The molecule has 0 aliphatic heterocycles. The van der Waals surface area contributed by atoms with Crippen molar-refractivity contribution in [1.82, 2.24) is 9.78 Å². The number of rotatable bonds is 7. The summed E-state index contributed by atoms with van der Waals surface area (Å²) in [7, 11) is 4.58. The van der Waals surface area contributed by atoms with Crippen LogP contribution in [0.15, 0.2) is 59.4 Å². The Hall–Kier alpha value is -3.61. The number of nitrogens with zero attached hydrogens (tertiary/aromatic N) is 2. The monoisotopic (exact) mass is 380 g/mol. The van der Waals surface area contributed by atoms with Gasteiger partial charge in [-0.3, -0.25) is 9.59 Å². The van der Waals surface area contributed by atoms with E-state index >= 15 is 0 Å². The smallest absolute Gasteiger partial charge is 0.267 e. The fraction of sp³-hybridized carbons (Fsp3) is 0.190. The van der Waals surface area contributed by atoms with Gasteiger partial charge in [0.2, 0.25) is 0 Å². The van der Waals surface area contributed by atoms with Gasteiger partial charge in [-0.1, -0.05) is 12.1 Å². The molecular formula is C21H20N2O5. The van der Waals surface area contributed by atoms with E-state index in [1.165, 1.54) is 20.3 Å². The summed E-state index contributed by atoms with van der Waals surface area (Å²) < 4.78 is 16.9. The molecular weight excluding hydrogens is 360 g/mol. The fourth-order valence-corrected chi connectivity index (χ4v) is 2.80. The van der Waals surface area contributed by atoms with Crippen LogP contribution in [0.3, 0.4) is 0 Å². The maximum absolute atomic E-state index is 12.7. The molecule has 0 unspecified atom stereocenters. The first-order valence-electron chi connectivity index (χ1n) is 8.54. The Morgan fingerprint density at radius 2 is 1.61 bits per heavy atom. The Morgan fingerprint density at radius 3 is 2.32 bits per heavy atom. The van der Waals surface area contributed by atoms with Gasteiger partial charge >= 0.3 is 0 Å². The van der Waals surface area contributed by atoms with Gasteiger partial charge in [0, 0.05) is 17.2 Å². The zero-order valence-electron chi connectivity index (χ0n) is 15.8. The zero-order chi connectivity index (χ0) is 20.1. The molecule has 0 aliphatic carbocycles. The molecule has 0 saturated heterocycles. The van der Waals surface area contributed by atoms with Crippen molar-refractivity contribution in [2.75, 3.05) is 21.3 Å². The van der Waals surface area contributed by atoms with Crippen LogP contribution < -0.4 is 19.8 Å². The van der Waals surface area contributed by atoms with Crippen LogP contribution >= 0.6 is 0 Å². The second-order valence-corrected chi connectivity index (χ2v) is 5.91. The molecule has 7 heteroatoms. The van der Waals surface area contributed by atoms with E-state index in [1.54, 1.807) is 37.4 Å². The van der Waals surface area contributed by atoms with E-state index < -0.39 is 0 Å². The number of hydrogen-bond acceptors (Lipinski definition) is 6. The van der Waals surface area contributed by atoms with E-state index in [4.69, 9.17) is 14.2 Å². The first-order chi connectivity index (χ1) is 13.6. The lowest BCUT2D eigenvalue weighted by atomic mass is 10.1. The summed E-state index contributed by atoms with van der Waals surface area (Å²) in [6, 6.07) is 15.2. The number of para-hydroxylation sites is 1. The van der Waals surface area contributed by atoms with Gasteiger partial charge in [-0.05, 0) is 36.4 Å². The highest BCUT2D eigenvalue weighted by atomic mass is 16.5. The van der Waals surface area contributed by atoms with Crippen molar-refractivity contribution in [2.24, 2.45) is 0 Å². The number of benzene rings is 2. The minimum atomic E-state index is -0.368. The maximum Gasteiger partial charge on any atom is 0.267 e. The Balaban J connectivity index is 1.92. The average Bonchev–Trinajstić information content (AvgIpc) is 2.74. The van der Waals surface area contributed by atoms with Crippen LogP contribution in [0.5, 0.6) is 17.2 Å². The quantitative estimate of drug-likeness (QED) is 0.587. The minimum absolute atomic E-state index is 0.197. The second kappa shape index (κ2) is 8.39. The Kier molecular flexibility index (Phi) is 5.74. The summed E-state index contributed by atoms with van der Waals surface area (Å²) >= 11 is 0. The van der Waals surface area contributed by atoms with Crippen molar-refractivity contribution in [1.29, 1.82) is 0 Å². The van der Waals surface area contributed by atoms with Gasteiger partial charge in [-0.15, -0.1) is 0 Å². The summed E-state index contributed by atoms with van der Waals surface area (Å²) in [5, 5.41) is 4.34. The molecule has 0 radical (unpaired) electrons. The first kappa shape index (κ1) is 19.2. The topological polar surface area (TPSA) is 79.7 Å². The van der Waals surface area contributed by atoms with Gasteiger partial charge in [0.25, 0.3) is 5.56 Å². The lowest BCUT2D eigenvalue weighted by Gasteiger charge is -2.11. The standard InChI is InChI=1S/C21H20N2O5/c1-26-18-7-5-4-6-15(18)16-9-11-21(25)23(22-16)13-17(24)14-8-10-19(27-2)20(12-14)28-3/h4-12H,13H2,1-3H3. The van der Waals surface area contributed by atoms with Gasteiger partial charge in [-0.2, -0.15) is 5.10 Å². The van der Waals surface area contributed by atoms with Crippen LogP contribution in [0.25, 0.3) is 11.3 Å². The van der Waals surface area contributed by atoms with Gasteiger partial charge in [0.1, 0.15) is 12.3 Å². The van der Waals surface area contributed by atoms with Crippen molar-refractivity contribution in [3.63, 3.8) is 0 Å². The number of carbonyl (C=O) groups is 1. The van der Waals surface area contributed by atoms with Gasteiger partial charge < -0.3 is 14.2 Å². The van der Waals surface area contributed by atoms with Crippen LogP contribution in [0, 0.1) is 0 Å². The lowest BCUT2D eigenvalue weighted by molar-refractivity contribution is 0.0965. The number of aromatic nitrogens is 2. The first-order valence-corrected chi connectivity index (χ1v) is 8.54. The molecule has 1 heterocycles. The highest BCUT2D eigenvalue weighted by Gasteiger charge is 2.14. The SMILES string of the molecule is COc1ccc(C(=O)Cn2nc(-c3ccccc3OC)ccc2=O)cc1OC. The van der Waals surface area contributed by atoms with Crippen molar-refractivity contribution in [3.8, 4) is 28.5 Å². The minimum Gasteiger partial charge on any atom is -0.496 e. The molecule has 0 saturated carbocycles. The maximum atomic E-state index is 12.7. The second-order valence-electron chi connectivity index (χ2n) is 5.91. The molecule has 0 spiro atoms. The highest BCUT2D eigenvalue weighted by molar-refractivity contribution is 5.96. The van der Waals surface area contributed by atoms with E-state index in [9.17, 15) is 9.59 Å². The summed E-state index contributed by atoms with van der Waals surface area (Å²) in [4.78, 5) is 24.9. The number of ketones is 1. The normalized spacial score (nSPS) is 10.4. The molecule has 28 heavy (non-hydrogen) atoms. The highest BCUT2D eigenvalue weighted by Crippen LogP contribution is 2.28. The molecule has 7 nitrogen and oxygen atoms in total. The molecule has 0 atom stereocenters. The largest absolute Gasteiger partial charge is 0.496 e. The lowest BCUT2D eigenvalue weighted by Crippen LogP contribution is -2.26. The number of methoxy groups -OCH3 is 3. The average molecular weight is 380 g/mol. The fourth-order valence-electron chi connectivity index (χ4n) is 2.80. The van der Waals surface area contributed by atoms with E-state index in [1.807, 2.05) is 18.2 Å². The van der Waals surface area contributed by atoms with E-state index in [-0.39, 0.29) is 17.9 Å².